The number of alkyl halides is 5. The molecule has 1 heterocycles. The maximum atomic E-state index is 12.8. The maximum Gasteiger partial charge on any atom is 0.455 e. The molecule has 1 aromatic rings. The van der Waals surface area contributed by atoms with Crippen molar-refractivity contribution in [3.8, 4) is 0 Å². The minimum atomic E-state index is -5.69. The molecule has 0 unspecified atom stereocenters. The van der Waals surface area contributed by atoms with Crippen LogP contribution in [0.15, 0.2) is 16.7 Å². The highest BCUT2D eigenvalue weighted by Crippen LogP contribution is 2.35. The van der Waals surface area contributed by atoms with Crippen molar-refractivity contribution in [2.45, 2.75) is 12.1 Å². The Morgan fingerprint density at radius 3 is 2.50 bits per heavy atom. The van der Waals surface area contributed by atoms with E-state index in [4.69, 9.17) is 0 Å². The average Bonchev–Trinajstić information content (AvgIpc) is 2.35. The van der Waals surface area contributed by atoms with Crippen LogP contribution in [0.1, 0.15) is 10.4 Å². The topological polar surface area (TPSA) is 51.2 Å². The normalized spacial score (nSPS) is 12.2. The molecule has 1 aromatic heterocycles. The zero-order chi connectivity index (χ0) is 15.6. The summed E-state index contributed by atoms with van der Waals surface area (Å²) < 4.78 is 66.3. The first kappa shape index (κ1) is 16.6. The first-order valence-corrected chi connectivity index (χ1v) is 5.80. The number of carbonyl (C=O) groups is 1. The average molecular weight is 363 g/mol. The highest BCUT2D eigenvalue weighted by Gasteiger charge is 2.57. The molecule has 20 heavy (non-hydrogen) atoms. The summed E-state index contributed by atoms with van der Waals surface area (Å²) >= 11 is 2.99. The summed E-state index contributed by atoms with van der Waals surface area (Å²) in [5.74, 6) is -6.30. The fourth-order valence-corrected chi connectivity index (χ4v) is 1.47. The number of nitrogens with zero attached hydrogens (tertiary/aromatic N) is 1. The van der Waals surface area contributed by atoms with Crippen molar-refractivity contribution in [1.82, 2.24) is 4.98 Å². The molecular weight excluding hydrogens is 355 g/mol. The molecule has 112 valence electrons. The molecule has 0 amide bonds. The summed E-state index contributed by atoms with van der Waals surface area (Å²) in [5, 5.41) is 1.80. The van der Waals surface area contributed by atoms with Crippen LogP contribution in [0.5, 0.6) is 0 Å². The largest absolute Gasteiger partial charge is 0.465 e. The van der Waals surface area contributed by atoms with Gasteiger partial charge in [0, 0.05) is 10.7 Å². The van der Waals surface area contributed by atoms with E-state index < -0.39 is 30.4 Å². The number of ether oxygens (including phenoxy) is 1. The molecule has 0 spiro atoms. The van der Waals surface area contributed by atoms with Gasteiger partial charge < -0.3 is 10.1 Å². The lowest BCUT2D eigenvalue weighted by Crippen LogP contribution is -2.42. The van der Waals surface area contributed by atoms with Crippen LogP contribution in [-0.4, -0.2) is 36.7 Å². The van der Waals surface area contributed by atoms with Crippen molar-refractivity contribution >= 4 is 27.7 Å². The van der Waals surface area contributed by atoms with Crippen LogP contribution in [0, 0.1) is 0 Å². The van der Waals surface area contributed by atoms with Crippen molar-refractivity contribution in [1.29, 1.82) is 0 Å². The summed E-state index contributed by atoms with van der Waals surface area (Å²) in [5.41, 5.74) is -0.264. The first-order chi connectivity index (χ1) is 9.08. The van der Waals surface area contributed by atoms with Crippen LogP contribution in [0.3, 0.4) is 0 Å². The fourth-order valence-electron chi connectivity index (χ4n) is 1.14. The molecule has 0 fully saturated rings. The standard InChI is InChI=1S/C10H8BrF5N2O2/c1-20-8(19)6-2-5(11)3-17-7(6)18-4-9(12,13)10(14,15)16/h2-3H,4H2,1H3,(H,17,18). The Morgan fingerprint density at radius 2 is 2.00 bits per heavy atom. The van der Waals surface area contributed by atoms with E-state index in [1.807, 2.05) is 0 Å². The van der Waals surface area contributed by atoms with Gasteiger partial charge in [-0.2, -0.15) is 22.0 Å². The lowest BCUT2D eigenvalue weighted by molar-refractivity contribution is -0.275. The van der Waals surface area contributed by atoms with Gasteiger partial charge in [0.1, 0.15) is 11.4 Å². The second kappa shape index (κ2) is 5.90. The van der Waals surface area contributed by atoms with Gasteiger partial charge >= 0.3 is 18.1 Å². The number of carbonyl (C=O) groups excluding carboxylic acids is 1. The van der Waals surface area contributed by atoms with Gasteiger partial charge in [0.05, 0.1) is 13.7 Å². The quantitative estimate of drug-likeness (QED) is 0.659. The molecule has 0 aliphatic rings. The second-order valence-corrected chi connectivity index (χ2v) is 4.51. The summed E-state index contributed by atoms with van der Waals surface area (Å²) in [7, 11) is 1.04. The van der Waals surface area contributed by atoms with Gasteiger partial charge in [-0.05, 0) is 22.0 Å². The fraction of sp³-hybridized carbons (Fsp3) is 0.400. The zero-order valence-electron chi connectivity index (χ0n) is 9.89. The van der Waals surface area contributed by atoms with Crippen LogP contribution < -0.4 is 5.32 Å². The van der Waals surface area contributed by atoms with E-state index in [2.05, 4.69) is 25.7 Å². The molecule has 0 saturated carbocycles. The number of hydrogen-bond donors (Lipinski definition) is 1. The number of aromatic nitrogens is 1. The van der Waals surface area contributed by atoms with E-state index in [9.17, 15) is 26.7 Å². The Morgan fingerprint density at radius 1 is 1.40 bits per heavy atom. The van der Waals surface area contributed by atoms with Crippen LogP contribution in [0.2, 0.25) is 0 Å². The smallest absolute Gasteiger partial charge is 0.455 e. The molecule has 0 saturated heterocycles. The molecule has 10 heteroatoms. The molecule has 0 bridgehead atoms. The minimum absolute atomic E-state index is 0.264. The molecule has 0 aliphatic heterocycles. The van der Waals surface area contributed by atoms with Crippen molar-refractivity contribution in [2.75, 3.05) is 19.0 Å². The predicted octanol–water partition coefficient (Wildman–Crippen LogP) is 3.24. The van der Waals surface area contributed by atoms with Crippen molar-refractivity contribution < 1.29 is 31.5 Å². The summed E-state index contributed by atoms with van der Waals surface area (Å²) in [6, 6.07) is 1.19. The van der Waals surface area contributed by atoms with E-state index in [1.54, 1.807) is 5.32 Å². The van der Waals surface area contributed by atoms with Gasteiger partial charge in [-0.3, -0.25) is 0 Å². The third-order valence-corrected chi connectivity index (χ3v) is 2.59. The minimum Gasteiger partial charge on any atom is -0.465 e. The van der Waals surface area contributed by atoms with Gasteiger partial charge in [0.2, 0.25) is 0 Å². The number of halogens is 6. The molecule has 0 radical (unpaired) electrons. The number of nitrogens with one attached hydrogen (secondary N) is 1. The highest BCUT2D eigenvalue weighted by molar-refractivity contribution is 9.10. The van der Waals surface area contributed by atoms with E-state index in [0.717, 1.165) is 13.3 Å². The highest BCUT2D eigenvalue weighted by atomic mass is 79.9. The van der Waals surface area contributed by atoms with Gasteiger partial charge in [0.15, 0.2) is 0 Å². The molecule has 0 aromatic carbocycles. The Labute approximate surface area is 118 Å². The predicted molar refractivity (Wildman–Crippen MR) is 62.8 cm³/mol. The lowest BCUT2D eigenvalue weighted by Gasteiger charge is -2.20. The molecule has 0 aliphatic carbocycles. The van der Waals surface area contributed by atoms with Crippen LogP contribution >= 0.6 is 15.9 Å². The van der Waals surface area contributed by atoms with Crippen molar-refractivity contribution in [3.05, 3.63) is 22.3 Å². The van der Waals surface area contributed by atoms with Crippen molar-refractivity contribution in [2.24, 2.45) is 0 Å². The molecular formula is C10H8BrF5N2O2. The molecule has 1 N–H and O–H groups in total. The Hall–Kier alpha value is -1.45. The molecule has 4 nitrogen and oxygen atoms in total. The van der Waals surface area contributed by atoms with Crippen LogP contribution in [0.25, 0.3) is 0 Å². The van der Waals surface area contributed by atoms with E-state index >= 15 is 0 Å². The SMILES string of the molecule is COC(=O)c1cc(Br)cnc1NCC(F)(F)C(F)(F)F. The molecule has 1 rings (SSSR count). The number of pyridine rings is 1. The monoisotopic (exact) mass is 362 g/mol. The number of esters is 1. The van der Waals surface area contributed by atoms with Gasteiger partial charge in [-0.15, -0.1) is 0 Å². The Balaban J connectivity index is 2.96. The van der Waals surface area contributed by atoms with Gasteiger partial charge in [-0.25, -0.2) is 9.78 Å². The number of anilines is 1. The summed E-state index contributed by atoms with van der Waals surface area (Å²) in [6.45, 7) is -1.74. The number of hydrogen-bond acceptors (Lipinski definition) is 4. The molecule has 0 atom stereocenters. The van der Waals surface area contributed by atoms with Crippen molar-refractivity contribution in [3.63, 3.8) is 0 Å². The third-order valence-electron chi connectivity index (χ3n) is 2.15. The lowest BCUT2D eigenvalue weighted by atomic mass is 10.2. The number of rotatable bonds is 4. The van der Waals surface area contributed by atoms with Crippen LogP contribution in [0.4, 0.5) is 27.8 Å². The maximum absolute atomic E-state index is 12.8. The zero-order valence-corrected chi connectivity index (χ0v) is 11.5. The van der Waals surface area contributed by atoms with Gasteiger partial charge in [-0.1, -0.05) is 0 Å². The van der Waals surface area contributed by atoms with E-state index in [0.29, 0.717) is 4.47 Å². The van der Waals surface area contributed by atoms with E-state index in [1.165, 1.54) is 6.07 Å². The second-order valence-electron chi connectivity index (χ2n) is 3.60. The summed E-state index contributed by atoms with van der Waals surface area (Å²) in [4.78, 5) is 14.9. The van der Waals surface area contributed by atoms with Gasteiger partial charge in [0.25, 0.3) is 0 Å². The summed E-state index contributed by atoms with van der Waals surface area (Å²) in [6.07, 6.45) is -4.55. The third kappa shape index (κ3) is 3.78. The first-order valence-electron chi connectivity index (χ1n) is 5.01. The van der Waals surface area contributed by atoms with E-state index in [-0.39, 0.29) is 5.56 Å². The Kier molecular flexibility index (Phi) is 4.90. The van der Waals surface area contributed by atoms with Crippen LogP contribution in [-0.2, 0) is 4.74 Å². The Bertz CT molecular complexity index is 507. The number of methoxy groups -OCH3 is 1.